The summed E-state index contributed by atoms with van der Waals surface area (Å²) in [6.45, 7) is 0.389. The minimum atomic E-state index is -9.75. The summed E-state index contributed by atoms with van der Waals surface area (Å²) in [6.07, 6.45) is 0.205. The molecule has 0 bridgehead atoms. The van der Waals surface area contributed by atoms with E-state index < -0.39 is 21.0 Å². The predicted octanol–water partition coefficient (Wildman–Crippen LogP) is 5.70. The van der Waals surface area contributed by atoms with Gasteiger partial charge in [-0.05, 0) is 29.8 Å². The Morgan fingerprint density at radius 1 is 0.933 bits per heavy atom. The molecule has 0 aliphatic carbocycles. The minimum absolute atomic E-state index is 0.0800. The van der Waals surface area contributed by atoms with Crippen LogP contribution in [0.2, 0.25) is 0 Å². The lowest BCUT2D eigenvalue weighted by Crippen LogP contribution is -2.25. The van der Waals surface area contributed by atoms with E-state index in [1.807, 2.05) is 30.3 Å². The topological polar surface area (TPSA) is 61.8 Å². The van der Waals surface area contributed by atoms with E-state index in [9.17, 15) is 29.0 Å². The summed E-state index contributed by atoms with van der Waals surface area (Å²) in [5.41, 5.74) is 1.58. The van der Waals surface area contributed by atoms with Gasteiger partial charge >= 0.3 is 10.2 Å². The molecule has 1 aliphatic heterocycles. The van der Waals surface area contributed by atoms with E-state index in [1.54, 1.807) is 0 Å². The molecular formula is C19H18F5N3O2S. The van der Waals surface area contributed by atoms with Gasteiger partial charge in [-0.1, -0.05) is 49.8 Å². The molecule has 0 saturated carbocycles. The Morgan fingerprint density at radius 3 is 2.17 bits per heavy atom. The summed E-state index contributed by atoms with van der Waals surface area (Å²) in [5, 5.41) is 7.82. The highest BCUT2D eigenvalue weighted by Crippen LogP contribution is 3.02. The first-order chi connectivity index (χ1) is 13.8. The number of carbonyl (C=O) groups excluding carboxylic acids is 2. The third-order valence-corrected chi connectivity index (χ3v) is 5.51. The Morgan fingerprint density at radius 2 is 1.57 bits per heavy atom. The molecule has 0 unspecified atom stereocenters. The smallest absolute Gasteiger partial charge is 0.310 e. The zero-order valence-electron chi connectivity index (χ0n) is 15.5. The Balaban J connectivity index is 1.53. The highest BCUT2D eigenvalue weighted by Gasteiger charge is 2.65. The van der Waals surface area contributed by atoms with Crippen LogP contribution in [-0.2, 0) is 9.59 Å². The molecule has 0 saturated heterocycles. The van der Waals surface area contributed by atoms with Crippen molar-refractivity contribution in [2.75, 3.05) is 11.9 Å². The van der Waals surface area contributed by atoms with Crippen molar-refractivity contribution >= 4 is 33.4 Å². The summed E-state index contributed by atoms with van der Waals surface area (Å²) < 4.78 is 63.5. The fraction of sp³-hybridized carbons (Fsp3) is 0.211. The average Bonchev–Trinajstić information content (AvgIpc) is 3.16. The van der Waals surface area contributed by atoms with Gasteiger partial charge in [-0.25, -0.2) is 5.01 Å². The van der Waals surface area contributed by atoms with Crippen LogP contribution in [0.3, 0.4) is 0 Å². The lowest BCUT2D eigenvalue weighted by molar-refractivity contribution is -0.132. The van der Waals surface area contributed by atoms with Crippen LogP contribution < -0.4 is 5.32 Å². The quantitative estimate of drug-likeness (QED) is 0.578. The molecule has 2 amide bonds. The van der Waals surface area contributed by atoms with Gasteiger partial charge in [0.2, 0.25) is 11.8 Å². The molecule has 162 valence electrons. The number of anilines is 1. The van der Waals surface area contributed by atoms with Gasteiger partial charge in [-0.2, -0.15) is 5.10 Å². The molecule has 30 heavy (non-hydrogen) atoms. The van der Waals surface area contributed by atoms with Crippen molar-refractivity contribution in [3.05, 3.63) is 60.2 Å². The van der Waals surface area contributed by atoms with E-state index in [0.29, 0.717) is 13.0 Å². The number of nitrogens with zero attached hydrogens (tertiary/aromatic N) is 2. The summed E-state index contributed by atoms with van der Waals surface area (Å²) in [5.74, 6) is -0.998. The molecule has 1 aliphatic rings. The first-order valence-electron chi connectivity index (χ1n) is 8.89. The molecule has 2 aromatic carbocycles. The van der Waals surface area contributed by atoms with E-state index in [1.165, 1.54) is 5.01 Å². The van der Waals surface area contributed by atoms with Crippen molar-refractivity contribution in [2.24, 2.45) is 5.10 Å². The molecule has 1 N–H and O–H groups in total. The maximum absolute atomic E-state index is 12.7. The van der Waals surface area contributed by atoms with Crippen LogP contribution in [0, 0.1) is 0 Å². The SMILES string of the molecule is O=C(CCC(=O)N1CCC(c2ccccc2)=N1)Nc1ccc(S(F)(F)(F)(F)F)cc1. The monoisotopic (exact) mass is 447 g/mol. The number of halogens is 5. The minimum Gasteiger partial charge on any atom is -0.326 e. The summed E-state index contributed by atoms with van der Waals surface area (Å²) in [7, 11) is -9.75. The third kappa shape index (κ3) is 5.56. The van der Waals surface area contributed by atoms with Gasteiger partial charge in [0.05, 0.1) is 12.3 Å². The van der Waals surface area contributed by atoms with Crippen molar-refractivity contribution in [1.29, 1.82) is 0 Å². The van der Waals surface area contributed by atoms with Crippen molar-refractivity contribution in [1.82, 2.24) is 5.01 Å². The van der Waals surface area contributed by atoms with Crippen LogP contribution in [0.1, 0.15) is 24.8 Å². The number of rotatable bonds is 6. The van der Waals surface area contributed by atoms with Gasteiger partial charge in [0, 0.05) is 24.9 Å². The van der Waals surface area contributed by atoms with Gasteiger partial charge in [0.15, 0.2) is 0 Å². The molecule has 0 atom stereocenters. The highest BCUT2D eigenvalue weighted by molar-refractivity contribution is 8.45. The largest absolute Gasteiger partial charge is 0.326 e. The second kappa shape index (κ2) is 7.08. The molecular weight excluding hydrogens is 429 g/mol. The maximum atomic E-state index is 12.7. The predicted molar refractivity (Wildman–Crippen MR) is 105 cm³/mol. The zero-order valence-corrected chi connectivity index (χ0v) is 16.4. The van der Waals surface area contributed by atoms with Gasteiger partial charge in [0.25, 0.3) is 0 Å². The number of amides is 2. The standard InChI is InChI=1S/C19H18F5N3O2S/c20-30(21,22,23,24)16-8-6-15(7-9-16)25-18(28)10-11-19(29)27-13-12-17(26-27)14-4-2-1-3-5-14/h1-9H,10-13H2,(H,25,28). The number of benzene rings is 2. The number of hydrazone groups is 1. The normalized spacial score (nSPS) is 16.4. The molecule has 11 heteroatoms. The fourth-order valence-electron chi connectivity index (χ4n) is 2.84. The van der Waals surface area contributed by atoms with E-state index >= 15 is 0 Å². The number of hydrogen-bond donors (Lipinski definition) is 1. The fourth-order valence-corrected chi connectivity index (χ4v) is 3.49. The van der Waals surface area contributed by atoms with Crippen molar-refractivity contribution in [3.8, 4) is 0 Å². The Labute approximate surface area is 169 Å². The Kier molecular flexibility index (Phi) is 5.13. The summed E-state index contributed by atoms with van der Waals surface area (Å²) in [4.78, 5) is 22.1. The maximum Gasteiger partial charge on any atom is 0.310 e. The molecule has 1 heterocycles. The molecule has 5 nitrogen and oxygen atoms in total. The summed E-state index contributed by atoms with van der Waals surface area (Å²) >= 11 is 0. The molecule has 0 fully saturated rings. The van der Waals surface area contributed by atoms with E-state index in [0.717, 1.165) is 23.4 Å². The average molecular weight is 447 g/mol. The van der Waals surface area contributed by atoms with Crippen LogP contribution in [0.5, 0.6) is 0 Å². The number of hydrogen-bond acceptors (Lipinski definition) is 3. The second-order valence-corrected chi connectivity index (χ2v) is 9.13. The first-order valence-corrected chi connectivity index (χ1v) is 10.8. The summed E-state index contributed by atoms with van der Waals surface area (Å²) in [6, 6.07) is 11.2. The zero-order chi connectivity index (χ0) is 22.1. The Hall–Kier alpha value is -2.95. The van der Waals surface area contributed by atoms with E-state index in [4.69, 9.17) is 0 Å². The van der Waals surface area contributed by atoms with Gasteiger partial charge in [-0.3, -0.25) is 9.59 Å². The van der Waals surface area contributed by atoms with E-state index in [-0.39, 0.29) is 36.6 Å². The molecule has 0 aromatic heterocycles. The van der Waals surface area contributed by atoms with Crippen LogP contribution in [0.25, 0.3) is 0 Å². The van der Waals surface area contributed by atoms with Crippen LogP contribution in [0.4, 0.5) is 25.1 Å². The van der Waals surface area contributed by atoms with Crippen molar-refractivity contribution < 1.29 is 29.0 Å². The van der Waals surface area contributed by atoms with Gasteiger partial charge < -0.3 is 5.32 Å². The molecule has 0 radical (unpaired) electrons. The lowest BCUT2D eigenvalue weighted by Gasteiger charge is -2.40. The van der Waals surface area contributed by atoms with Crippen LogP contribution in [0.15, 0.2) is 64.6 Å². The molecule has 0 spiro atoms. The third-order valence-electron chi connectivity index (χ3n) is 4.35. The van der Waals surface area contributed by atoms with E-state index in [2.05, 4.69) is 10.4 Å². The van der Waals surface area contributed by atoms with Crippen molar-refractivity contribution in [3.63, 3.8) is 0 Å². The van der Waals surface area contributed by atoms with Crippen LogP contribution in [-0.4, -0.2) is 29.1 Å². The van der Waals surface area contributed by atoms with Crippen LogP contribution >= 0.6 is 10.2 Å². The first kappa shape index (κ1) is 21.8. The number of carbonyl (C=O) groups is 2. The van der Waals surface area contributed by atoms with Crippen molar-refractivity contribution in [2.45, 2.75) is 24.2 Å². The van der Waals surface area contributed by atoms with Gasteiger partial charge in [-0.15, -0.1) is 0 Å². The number of nitrogens with one attached hydrogen (secondary N) is 1. The second-order valence-electron chi connectivity index (χ2n) is 6.72. The van der Waals surface area contributed by atoms with Gasteiger partial charge in [0.1, 0.15) is 4.90 Å². The Bertz CT molecular complexity index is 993. The highest BCUT2D eigenvalue weighted by atomic mass is 32.5. The molecule has 3 rings (SSSR count). The lowest BCUT2D eigenvalue weighted by atomic mass is 10.1. The molecule has 2 aromatic rings.